The van der Waals surface area contributed by atoms with E-state index in [0.717, 1.165) is 40.1 Å². The van der Waals surface area contributed by atoms with Gasteiger partial charge in [0.25, 0.3) is 0 Å². The number of hydrogen-bond acceptors (Lipinski definition) is 6. The Labute approximate surface area is 271 Å². The molecule has 0 spiro atoms. The Balaban J connectivity index is 1.32. The first-order valence-electron chi connectivity index (χ1n) is 15.5. The van der Waals surface area contributed by atoms with Crippen LogP contribution in [0.25, 0.3) is 11.1 Å². The molecule has 8 nitrogen and oxygen atoms in total. The smallest absolute Gasteiger partial charge is 0.305 e. The lowest BCUT2D eigenvalue weighted by Gasteiger charge is -2.41. The molecule has 0 aliphatic carbocycles. The Morgan fingerprint density at radius 3 is 2.02 bits per heavy atom. The van der Waals surface area contributed by atoms with Crippen molar-refractivity contribution in [1.82, 2.24) is 10.6 Å². The molecule has 46 heavy (non-hydrogen) atoms. The van der Waals surface area contributed by atoms with E-state index in [1.54, 1.807) is 6.92 Å². The van der Waals surface area contributed by atoms with E-state index >= 15 is 0 Å². The van der Waals surface area contributed by atoms with E-state index in [9.17, 15) is 19.5 Å². The normalized spacial score (nSPS) is 17.6. The molecule has 4 aromatic rings. The number of carbonyl (C=O) groups is 3. The number of ketones is 1. The summed E-state index contributed by atoms with van der Waals surface area (Å²) in [5.41, 5.74) is 2.00. The van der Waals surface area contributed by atoms with Gasteiger partial charge >= 0.3 is 5.97 Å². The molecule has 238 valence electrons. The molecular weight excluding hydrogens is 599 g/mol. The van der Waals surface area contributed by atoms with Gasteiger partial charge in [0, 0.05) is 22.8 Å². The Bertz CT molecular complexity index is 1560. The SMILES string of the molecule is C[C@H](NC1(c2ccccc2-c2ccccc2)CCCCO1)C(=O)N[C@@H](CC(=O)O)C(=O)COP(c1ccccc1)c1ccccc1. The number of rotatable bonds is 14. The molecule has 1 aliphatic heterocycles. The highest BCUT2D eigenvalue weighted by Gasteiger charge is 2.40. The predicted molar refractivity (Wildman–Crippen MR) is 180 cm³/mol. The monoisotopic (exact) mass is 638 g/mol. The van der Waals surface area contributed by atoms with Gasteiger partial charge in [0.15, 0.2) is 5.78 Å². The van der Waals surface area contributed by atoms with Crippen molar-refractivity contribution in [2.24, 2.45) is 0 Å². The number of carbonyl (C=O) groups excluding carboxylic acids is 2. The predicted octanol–water partition coefficient (Wildman–Crippen LogP) is 5.28. The number of aliphatic carboxylic acids is 1. The maximum absolute atomic E-state index is 13.6. The van der Waals surface area contributed by atoms with Crippen molar-refractivity contribution >= 4 is 36.4 Å². The van der Waals surface area contributed by atoms with E-state index in [4.69, 9.17) is 9.26 Å². The van der Waals surface area contributed by atoms with Crippen molar-refractivity contribution in [3.05, 3.63) is 121 Å². The van der Waals surface area contributed by atoms with Crippen molar-refractivity contribution in [2.45, 2.75) is 50.4 Å². The summed E-state index contributed by atoms with van der Waals surface area (Å²) in [4.78, 5) is 38.8. The van der Waals surface area contributed by atoms with Gasteiger partial charge in [0.05, 0.1) is 20.6 Å². The Kier molecular flexibility index (Phi) is 11.4. The minimum Gasteiger partial charge on any atom is -0.481 e. The minimum atomic E-state index is -1.34. The van der Waals surface area contributed by atoms with Gasteiger partial charge in [-0.15, -0.1) is 0 Å². The quantitative estimate of drug-likeness (QED) is 0.161. The fourth-order valence-electron chi connectivity index (χ4n) is 5.69. The largest absolute Gasteiger partial charge is 0.481 e. The molecule has 1 saturated heterocycles. The van der Waals surface area contributed by atoms with Crippen molar-refractivity contribution in [3.63, 3.8) is 0 Å². The van der Waals surface area contributed by atoms with Gasteiger partial charge in [-0.2, -0.15) is 0 Å². The molecule has 1 amide bonds. The maximum Gasteiger partial charge on any atom is 0.305 e. The Hall–Kier alpha value is -4.20. The molecule has 1 heterocycles. The zero-order valence-corrected chi connectivity index (χ0v) is 26.7. The van der Waals surface area contributed by atoms with Crippen molar-refractivity contribution in [1.29, 1.82) is 0 Å². The summed E-state index contributed by atoms with van der Waals surface area (Å²) < 4.78 is 12.6. The van der Waals surface area contributed by atoms with Crippen LogP contribution < -0.4 is 21.2 Å². The van der Waals surface area contributed by atoms with Crippen LogP contribution in [-0.2, 0) is 29.4 Å². The standard InChI is InChI=1S/C37H39N2O6P/c1-27(39-37(23-13-14-24-44-37)32-22-12-11-21-31(32)28-15-5-2-6-16-28)36(43)38-33(25-35(41)42)34(40)26-45-46(29-17-7-3-8-18-29)30-19-9-4-10-20-30/h2-12,15-22,27,33,39H,13-14,23-26H2,1H3,(H,38,43)(H,41,42)/t27-,33-,37?/m0/s1. The molecule has 4 aromatic carbocycles. The van der Waals surface area contributed by atoms with Crippen LogP contribution in [0, 0.1) is 0 Å². The molecule has 1 fully saturated rings. The van der Waals surface area contributed by atoms with Crippen LogP contribution in [0.4, 0.5) is 0 Å². The molecule has 1 aliphatic rings. The molecule has 0 radical (unpaired) electrons. The summed E-state index contributed by atoms with van der Waals surface area (Å²) >= 11 is 0. The van der Waals surface area contributed by atoms with Crippen LogP contribution in [0.2, 0.25) is 0 Å². The summed E-state index contributed by atoms with van der Waals surface area (Å²) in [6, 6.07) is 35.1. The lowest BCUT2D eigenvalue weighted by atomic mass is 9.87. The van der Waals surface area contributed by atoms with Gasteiger partial charge < -0.3 is 19.7 Å². The summed E-state index contributed by atoms with van der Waals surface area (Å²) in [5.74, 6) is -2.21. The van der Waals surface area contributed by atoms with Gasteiger partial charge in [-0.1, -0.05) is 115 Å². The molecule has 5 rings (SSSR count). The topological polar surface area (TPSA) is 114 Å². The van der Waals surface area contributed by atoms with E-state index in [1.807, 2.05) is 115 Å². The van der Waals surface area contributed by atoms with E-state index in [-0.39, 0.29) is 6.61 Å². The number of carboxylic acid groups (broad SMARTS) is 1. The first kappa shape index (κ1) is 33.2. The van der Waals surface area contributed by atoms with Crippen molar-refractivity contribution in [3.8, 4) is 11.1 Å². The minimum absolute atomic E-state index is 0.354. The molecule has 9 heteroatoms. The number of hydrogen-bond donors (Lipinski definition) is 3. The summed E-state index contributed by atoms with van der Waals surface area (Å²) in [5, 5.41) is 17.6. The number of benzene rings is 4. The first-order valence-corrected chi connectivity index (χ1v) is 16.8. The van der Waals surface area contributed by atoms with Crippen LogP contribution in [0.15, 0.2) is 115 Å². The van der Waals surface area contributed by atoms with E-state index in [2.05, 4.69) is 10.6 Å². The highest BCUT2D eigenvalue weighted by atomic mass is 31.1. The molecule has 0 saturated carbocycles. The van der Waals surface area contributed by atoms with Gasteiger partial charge in [0.1, 0.15) is 18.4 Å². The third-order valence-electron chi connectivity index (χ3n) is 7.96. The zero-order valence-electron chi connectivity index (χ0n) is 25.8. The molecule has 0 bridgehead atoms. The lowest BCUT2D eigenvalue weighted by Crippen LogP contribution is -2.57. The van der Waals surface area contributed by atoms with Gasteiger partial charge in [-0.25, -0.2) is 0 Å². The van der Waals surface area contributed by atoms with Gasteiger partial charge in [-0.3, -0.25) is 19.7 Å². The highest BCUT2D eigenvalue weighted by molar-refractivity contribution is 7.68. The molecule has 1 unspecified atom stereocenters. The summed E-state index contributed by atoms with van der Waals surface area (Å²) in [6.07, 6.45) is 1.88. The van der Waals surface area contributed by atoms with Crippen LogP contribution >= 0.6 is 8.15 Å². The average Bonchev–Trinajstić information content (AvgIpc) is 3.09. The third-order valence-corrected chi connectivity index (χ3v) is 9.88. The Morgan fingerprint density at radius 1 is 0.848 bits per heavy atom. The summed E-state index contributed by atoms with van der Waals surface area (Å²) in [7, 11) is -1.34. The third kappa shape index (κ3) is 8.33. The van der Waals surface area contributed by atoms with Crippen molar-refractivity contribution in [2.75, 3.05) is 13.2 Å². The van der Waals surface area contributed by atoms with E-state index in [1.165, 1.54) is 0 Å². The highest BCUT2D eigenvalue weighted by Crippen LogP contribution is 2.39. The molecular formula is C37H39N2O6P. The van der Waals surface area contributed by atoms with Gasteiger partial charge in [-0.05, 0) is 37.3 Å². The lowest BCUT2D eigenvalue weighted by molar-refractivity contribution is -0.142. The number of ether oxygens (including phenoxy) is 1. The average molecular weight is 639 g/mol. The van der Waals surface area contributed by atoms with Crippen molar-refractivity contribution < 1.29 is 28.8 Å². The molecule has 3 N–H and O–H groups in total. The van der Waals surface area contributed by atoms with Crippen LogP contribution in [0.1, 0.15) is 38.2 Å². The van der Waals surface area contributed by atoms with E-state index < -0.39 is 50.0 Å². The zero-order chi connectivity index (χ0) is 32.4. The second-order valence-corrected chi connectivity index (χ2v) is 13.2. The molecule has 3 atom stereocenters. The number of amides is 1. The fraction of sp³-hybridized carbons (Fsp3) is 0.270. The number of nitrogens with one attached hydrogen (secondary N) is 2. The second-order valence-electron chi connectivity index (χ2n) is 11.3. The Morgan fingerprint density at radius 2 is 1.43 bits per heavy atom. The van der Waals surface area contributed by atoms with Crippen LogP contribution in [0.5, 0.6) is 0 Å². The first-order chi connectivity index (χ1) is 22.4. The summed E-state index contributed by atoms with van der Waals surface area (Å²) in [6.45, 7) is 1.86. The number of carboxylic acids is 1. The van der Waals surface area contributed by atoms with Crippen LogP contribution in [-0.4, -0.2) is 48.1 Å². The number of Topliss-reactive ketones (excluding diaryl/α,β-unsaturated/α-hetero) is 1. The maximum atomic E-state index is 13.6. The fourth-order valence-corrected chi connectivity index (χ4v) is 7.43. The van der Waals surface area contributed by atoms with Gasteiger partial charge in [0.2, 0.25) is 5.91 Å². The van der Waals surface area contributed by atoms with E-state index in [0.29, 0.717) is 13.0 Å². The molecule has 0 aromatic heterocycles. The van der Waals surface area contributed by atoms with Crippen LogP contribution in [0.3, 0.4) is 0 Å². The second kappa shape index (κ2) is 15.9.